The smallest absolute Gasteiger partial charge is 0.417 e. The van der Waals surface area contributed by atoms with E-state index in [0.29, 0.717) is 25.0 Å². The maximum absolute atomic E-state index is 13.2. The summed E-state index contributed by atoms with van der Waals surface area (Å²) in [6.07, 6.45) is 2.82. The number of unbranched alkanes of at least 4 members (excludes halogenated alkanes) is 1. The van der Waals surface area contributed by atoms with Crippen LogP contribution >= 0.6 is 0 Å². The molecule has 3 rings (SSSR count). The van der Waals surface area contributed by atoms with E-state index in [4.69, 9.17) is 19.3 Å². The van der Waals surface area contributed by atoms with Crippen molar-refractivity contribution in [2.45, 2.75) is 37.5 Å². The van der Waals surface area contributed by atoms with E-state index in [1.165, 1.54) is 19.3 Å². The Morgan fingerprint density at radius 3 is 2.77 bits per heavy atom. The maximum atomic E-state index is 13.2. The van der Waals surface area contributed by atoms with Gasteiger partial charge in [0, 0.05) is 13.7 Å². The molecule has 3 atom stereocenters. The van der Waals surface area contributed by atoms with Gasteiger partial charge in [0.15, 0.2) is 18.0 Å². The van der Waals surface area contributed by atoms with Gasteiger partial charge in [-0.25, -0.2) is 9.69 Å². The first-order chi connectivity index (χ1) is 14.5. The van der Waals surface area contributed by atoms with Gasteiger partial charge in [-0.15, -0.1) is 0 Å². The Morgan fingerprint density at radius 1 is 1.30 bits per heavy atom. The van der Waals surface area contributed by atoms with E-state index in [2.05, 4.69) is 0 Å². The van der Waals surface area contributed by atoms with Crippen LogP contribution in [0.25, 0.3) is 0 Å². The molecule has 0 spiro atoms. The molecular weight excluding hydrogens is 390 g/mol. The summed E-state index contributed by atoms with van der Waals surface area (Å²) in [6, 6.07) is 8.95. The molecule has 1 saturated heterocycles. The Hall–Kier alpha value is -2.97. The van der Waals surface area contributed by atoms with E-state index in [0.717, 1.165) is 10.5 Å². The minimum Gasteiger partial charge on any atom is -0.479 e. The monoisotopic (exact) mass is 415 g/mol. The van der Waals surface area contributed by atoms with Crippen molar-refractivity contribution in [1.82, 2.24) is 4.90 Å². The maximum Gasteiger partial charge on any atom is 0.417 e. The molecule has 8 nitrogen and oxygen atoms in total. The number of aliphatic hydroxyl groups is 1. The lowest BCUT2D eigenvalue weighted by molar-refractivity contribution is -0.153. The number of ketones is 1. The summed E-state index contributed by atoms with van der Waals surface area (Å²) in [5.74, 6) is -0.696. The number of carbonyl (C=O) groups excluding carboxylic acids is 3. The molecule has 2 aliphatic rings. The first-order valence-corrected chi connectivity index (χ1v) is 9.81. The molecule has 0 saturated carbocycles. The molecule has 0 bridgehead atoms. The molecule has 30 heavy (non-hydrogen) atoms. The number of ether oxygens (including phenoxy) is 3. The molecule has 1 fully saturated rings. The fraction of sp³-hybridized carbons (Fsp3) is 0.409. The zero-order valence-electron chi connectivity index (χ0n) is 16.7. The van der Waals surface area contributed by atoms with Crippen LogP contribution in [0.4, 0.5) is 4.79 Å². The molecule has 1 aromatic rings. The standard InChI is InChI=1S/C22H25NO7/c1-28-20(19-18(25)11-10-17(30-19)9-5-6-12-24)21(26)23-16(14-29-22(23)27)13-15-7-3-2-4-8-15/h2-4,7-11,16,19-20,24H,5-6,12-14H2,1H3/t16-,19-,20-/m1/s1. The van der Waals surface area contributed by atoms with Crippen LogP contribution in [0.5, 0.6) is 0 Å². The number of hydrogen-bond donors (Lipinski definition) is 1. The number of cyclic esters (lactones) is 1. The number of benzene rings is 1. The number of hydrogen-bond acceptors (Lipinski definition) is 7. The van der Waals surface area contributed by atoms with Gasteiger partial charge in [-0.05, 0) is 43.1 Å². The highest BCUT2D eigenvalue weighted by Crippen LogP contribution is 2.24. The van der Waals surface area contributed by atoms with Crippen LogP contribution in [-0.2, 0) is 30.2 Å². The van der Waals surface area contributed by atoms with E-state index in [1.807, 2.05) is 30.3 Å². The summed E-state index contributed by atoms with van der Waals surface area (Å²) in [6.45, 7) is 0.108. The first kappa shape index (κ1) is 21.7. The third-order valence-electron chi connectivity index (χ3n) is 4.95. The fourth-order valence-electron chi connectivity index (χ4n) is 3.42. The number of nitrogens with zero attached hydrogens (tertiary/aromatic N) is 1. The molecular formula is C22H25NO7. The van der Waals surface area contributed by atoms with Crippen LogP contribution in [0, 0.1) is 0 Å². The van der Waals surface area contributed by atoms with E-state index < -0.39 is 36.0 Å². The van der Waals surface area contributed by atoms with Crippen molar-refractivity contribution in [2.75, 3.05) is 20.3 Å². The van der Waals surface area contributed by atoms with E-state index >= 15 is 0 Å². The second-order valence-corrected chi connectivity index (χ2v) is 7.03. The average molecular weight is 415 g/mol. The van der Waals surface area contributed by atoms with Gasteiger partial charge in [0.2, 0.25) is 0 Å². The Morgan fingerprint density at radius 2 is 2.07 bits per heavy atom. The molecule has 2 amide bonds. The number of amides is 2. The predicted octanol–water partition coefficient (Wildman–Crippen LogP) is 1.77. The Kier molecular flexibility index (Phi) is 7.37. The van der Waals surface area contributed by atoms with Crippen molar-refractivity contribution in [1.29, 1.82) is 0 Å². The molecule has 0 unspecified atom stereocenters. The quantitative estimate of drug-likeness (QED) is 0.646. The normalized spacial score (nSPS) is 23.4. The summed E-state index contributed by atoms with van der Waals surface area (Å²) in [5.41, 5.74) is 0.953. The number of methoxy groups -OCH3 is 1. The highest BCUT2D eigenvalue weighted by molar-refractivity contribution is 6.03. The van der Waals surface area contributed by atoms with Crippen LogP contribution in [0.15, 0.2) is 54.3 Å². The zero-order valence-corrected chi connectivity index (χ0v) is 16.7. The van der Waals surface area contributed by atoms with Gasteiger partial charge in [0.05, 0.1) is 6.04 Å². The molecule has 160 valence electrons. The third-order valence-corrected chi connectivity index (χ3v) is 4.95. The molecule has 2 aliphatic heterocycles. The minimum absolute atomic E-state index is 0.0366. The van der Waals surface area contributed by atoms with E-state index in [-0.39, 0.29) is 13.2 Å². The van der Waals surface area contributed by atoms with Gasteiger partial charge in [0.1, 0.15) is 12.4 Å². The number of allylic oxidation sites excluding steroid dienone is 2. The third kappa shape index (κ3) is 4.95. The highest BCUT2D eigenvalue weighted by atomic mass is 16.6. The summed E-state index contributed by atoms with van der Waals surface area (Å²) < 4.78 is 16.1. The Labute approximate surface area is 174 Å². The second kappa shape index (κ2) is 10.2. The molecule has 8 heteroatoms. The van der Waals surface area contributed by atoms with Gasteiger partial charge in [-0.1, -0.05) is 30.3 Å². The van der Waals surface area contributed by atoms with Crippen LogP contribution in [0.3, 0.4) is 0 Å². The number of aliphatic hydroxyl groups excluding tert-OH is 1. The van der Waals surface area contributed by atoms with Crippen molar-refractivity contribution in [2.24, 2.45) is 0 Å². The van der Waals surface area contributed by atoms with Crippen molar-refractivity contribution >= 4 is 17.8 Å². The highest BCUT2D eigenvalue weighted by Gasteiger charge is 2.46. The summed E-state index contributed by atoms with van der Waals surface area (Å²) in [5, 5.41) is 8.91. The zero-order chi connectivity index (χ0) is 21.5. The van der Waals surface area contributed by atoms with Crippen LogP contribution in [-0.4, -0.2) is 66.4 Å². The summed E-state index contributed by atoms with van der Waals surface area (Å²) >= 11 is 0. The molecule has 1 aromatic carbocycles. The van der Waals surface area contributed by atoms with Gasteiger partial charge in [-0.3, -0.25) is 9.59 Å². The number of rotatable bonds is 8. The van der Waals surface area contributed by atoms with Gasteiger partial charge < -0.3 is 19.3 Å². The van der Waals surface area contributed by atoms with Crippen LogP contribution in [0.2, 0.25) is 0 Å². The van der Waals surface area contributed by atoms with E-state index in [9.17, 15) is 14.4 Å². The fourth-order valence-corrected chi connectivity index (χ4v) is 3.42. The van der Waals surface area contributed by atoms with Crippen LogP contribution < -0.4 is 0 Å². The summed E-state index contributed by atoms with van der Waals surface area (Å²) in [7, 11) is 1.29. The average Bonchev–Trinajstić information content (AvgIpc) is 3.11. The largest absolute Gasteiger partial charge is 0.479 e. The van der Waals surface area contributed by atoms with Gasteiger partial charge in [0.25, 0.3) is 5.91 Å². The predicted molar refractivity (Wildman–Crippen MR) is 106 cm³/mol. The topological polar surface area (TPSA) is 102 Å². The first-order valence-electron chi connectivity index (χ1n) is 9.81. The van der Waals surface area contributed by atoms with Gasteiger partial charge >= 0.3 is 6.09 Å². The Balaban J connectivity index is 1.76. The van der Waals surface area contributed by atoms with E-state index in [1.54, 1.807) is 6.08 Å². The number of imide groups is 1. The lowest BCUT2D eigenvalue weighted by Crippen LogP contribution is -2.53. The van der Waals surface area contributed by atoms with Crippen molar-refractivity contribution in [3.8, 4) is 0 Å². The molecule has 0 radical (unpaired) electrons. The van der Waals surface area contributed by atoms with Crippen molar-refractivity contribution < 1.29 is 33.7 Å². The molecule has 0 aromatic heterocycles. The summed E-state index contributed by atoms with van der Waals surface area (Å²) in [4.78, 5) is 38.9. The lowest BCUT2D eigenvalue weighted by Gasteiger charge is -2.30. The van der Waals surface area contributed by atoms with Crippen LogP contribution in [0.1, 0.15) is 18.4 Å². The van der Waals surface area contributed by atoms with Crippen molar-refractivity contribution in [3.05, 3.63) is 59.9 Å². The SMILES string of the molecule is CO[C@@H](C(=O)N1C(=O)OC[C@H]1Cc1ccccc1)[C@@H]1OC(=CCCCO)C=CC1=O. The molecule has 0 aliphatic carbocycles. The lowest BCUT2D eigenvalue weighted by atomic mass is 10.0. The van der Waals surface area contributed by atoms with Crippen molar-refractivity contribution in [3.63, 3.8) is 0 Å². The number of carbonyl (C=O) groups is 3. The molecule has 1 N–H and O–H groups in total. The second-order valence-electron chi connectivity index (χ2n) is 7.03. The molecule has 2 heterocycles. The van der Waals surface area contributed by atoms with Gasteiger partial charge in [-0.2, -0.15) is 0 Å². The Bertz CT molecular complexity index is 833. The minimum atomic E-state index is -1.30.